The van der Waals surface area contributed by atoms with Gasteiger partial charge in [-0.2, -0.15) is 0 Å². The van der Waals surface area contributed by atoms with E-state index in [4.69, 9.17) is 9.47 Å². The second-order valence-electron chi connectivity index (χ2n) is 14.2. The Kier molecular flexibility index (Phi) is 8.91. The second kappa shape index (κ2) is 11.5. The van der Waals surface area contributed by atoms with E-state index in [1.807, 2.05) is 13.8 Å². The van der Waals surface area contributed by atoms with Crippen molar-refractivity contribution in [3.63, 3.8) is 0 Å². The number of allylic oxidation sites excluding steroid dienone is 3. The molecule has 5 nitrogen and oxygen atoms in total. The molecule has 4 rings (SSSR count). The molecule has 4 aliphatic carbocycles. The van der Waals surface area contributed by atoms with Gasteiger partial charge >= 0.3 is 11.9 Å². The molecule has 0 radical (unpaired) electrons. The maximum absolute atomic E-state index is 11.7. The van der Waals surface area contributed by atoms with E-state index >= 15 is 0 Å². The lowest BCUT2D eigenvalue weighted by atomic mass is 9.55. The maximum Gasteiger partial charge on any atom is 0.303 e. The number of carbonyl (C=O) groups is 2. The van der Waals surface area contributed by atoms with Crippen LogP contribution in [0.5, 0.6) is 0 Å². The molecule has 0 aromatic carbocycles. The number of esters is 2. The Hall–Kier alpha value is -1.88. The highest BCUT2D eigenvalue weighted by atomic mass is 16.6. The van der Waals surface area contributed by atoms with Crippen molar-refractivity contribution in [2.24, 2.45) is 28.6 Å². The molecule has 4 aliphatic rings. The van der Waals surface area contributed by atoms with Gasteiger partial charge in [-0.05, 0) is 111 Å². The van der Waals surface area contributed by atoms with Crippen LogP contribution in [-0.2, 0) is 19.1 Å². The molecule has 0 spiro atoms. The van der Waals surface area contributed by atoms with E-state index in [0.29, 0.717) is 35.5 Å². The first kappa shape index (κ1) is 30.1. The molecule has 0 saturated heterocycles. The van der Waals surface area contributed by atoms with E-state index < -0.39 is 11.7 Å². The Balaban J connectivity index is 1.55. The number of fused-ring (bicyclic) bond motifs is 1. The summed E-state index contributed by atoms with van der Waals surface area (Å²) in [6, 6.07) is 0. The van der Waals surface area contributed by atoms with Crippen LogP contribution in [0.2, 0.25) is 0 Å². The lowest BCUT2D eigenvalue weighted by molar-refractivity contribution is -0.152. The van der Waals surface area contributed by atoms with Crippen molar-refractivity contribution >= 4 is 11.9 Å². The second-order valence-corrected chi connectivity index (χ2v) is 14.2. The van der Waals surface area contributed by atoms with Gasteiger partial charge in [0.2, 0.25) is 0 Å². The predicted octanol–water partition coefficient (Wildman–Crippen LogP) is 7.63. The summed E-state index contributed by atoms with van der Waals surface area (Å²) in [4.78, 5) is 23.4. The molecule has 1 N–H and O–H groups in total. The lowest BCUT2D eigenvalue weighted by Gasteiger charge is -2.50. The van der Waals surface area contributed by atoms with Crippen LogP contribution in [0.25, 0.3) is 0 Å². The molecule has 6 atom stereocenters. The van der Waals surface area contributed by atoms with Gasteiger partial charge in [-0.25, -0.2) is 0 Å². The van der Waals surface area contributed by atoms with E-state index in [0.717, 1.165) is 36.3 Å². The smallest absolute Gasteiger partial charge is 0.303 e. The van der Waals surface area contributed by atoms with Gasteiger partial charge in [0, 0.05) is 26.7 Å². The Morgan fingerprint density at radius 1 is 1.05 bits per heavy atom. The average Bonchev–Trinajstić information content (AvgIpc) is 3.60. The highest BCUT2D eigenvalue weighted by Crippen LogP contribution is 2.67. The SMILES string of the molecule is C=C1C(=CC=C2CCC[C@@]3(C)C2CC[C@@H]3[C@](C)(CCCC(C)(C)O)C2CC2)C[C@@H](OC(C)=O)CC1OC(C)=O. The van der Waals surface area contributed by atoms with Gasteiger partial charge in [-0.1, -0.05) is 44.6 Å². The van der Waals surface area contributed by atoms with Gasteiger partial charge in [-0.3, -0.25) is 9.59 Å². The van der Waals surface area contributed by atoms with E-state index in [1.54, 1.807) is 5.57 Å². The molecular weight excluding hydrogens is 488 g/mol. The third-order valence-electron chi connectivity index (χ3n) is 10.6. The zero-order valence-electron chi connectivity index (χ0n) is 25.3. The Labute approximate surface area is 236 Å². The first-order valence-electron chi connectivity index (χ1n) is 15.4. The summed E-state index contributed by atoms with van der Waals surface area (Å²) in [6.45, 7) is 16.1. The molecular formula is C34H52O5. The maximum atomic E-state index is 11.7. The van der Waals surface area contributed by atoms with Gasteiger partial charge in [0.05, 0.1) is 5.60 Å². The minimum absolute atomic E-state index is 0.304. The fourth-order valence-corrected chi connectivity index (χ4v) is 8.71. The van der Waals surface area contributed by atoms with Crippen LogP contribution in [0.15, 0.2) is 35.5 Å². The molecule has 39 heavy (non-hydrogen) atoms. The quantitative estimate of drug-likeness (QED) is 0.304. The van der Waals surface area contributed by atoms with Crippen LogP contribution < -0.4 is 0 Å². The molecule has 4 saturated carbocycles. The topological polar surface area (TPSA) is 72.8 Å². The minimum atomic E-state index is -0.590. The van der Waals surface area contributed by atoms with Crippen LogP contribution >= 0.6 is 0 Å². The Bertz CT molecular complexity index is 1010. The van der Waals surface area contributed by atoms with Crippen molar-refractivity contribution in [3.8, 4) is 0 Å². The summed E-state index contributed by atoms with van der Waals surface area (Å²) in [5.41, 5.74) is 3.44. The minimum Gasteiger partial charge on any atom is -0.462 e. The molecule has 5 heteroatoms. The first-order valence-corrected chi connectivity index (χ1v) is 15.4. The highest BCUT2D eigenvalue weighted by molar-refractivity contribution is 5.67. The summed E-state index contributed by atoms with van der Waals surface area (Å²) in [5, 5.41) is 10.3. The molecule has 0 heterocycles. The van der Waals surface area contributed by atoms with E-state index in [1.165, 1.54) is 58.8 Å². The lowest BCUT2D eigenvalue weighted by Crippen LogP contribution is -2.42. The number of ether oxygens (including phenoxy) is 2. The Morgan fingerprint density at radius 3 is 2.36 bits per heavy atom. The van der Waals surface area contributed by atoms with Crippen LogP contribution in [0.1, 0.15) is 119 Å². The van der Waals surface area contributed by atoms with Crippen molar-refractivity contribution in [2.75, 3.05) is 0 Å². The van der Waals surface area contributed by atoms with Gasteiger partial charge in [0.1, 0.15) is 12.2 Å². The zero-order valence-corrected chi connectivity index (χ0v) is 25.3. The molecule has 0 amide bonds. The van der Waals surface area contributed by atoms with Crippen molar-refractivity contribution < 1.29 is 24.2 Å². The first-order chi connectivity index (χ1) is 18.2. The molecule has 0 bridgehead atoms. The number of hydrogen-bond acceptors (Lipinski definition) is 5. The molecule has 218 valence electrons. The van der Waals surface area contributed by atoms with E-state index in [9.17, 15) is 14.7 Å². The monoisotopic (exact) mass is 540 g/mol. The number of rotatable bonds is 9. The highest BCUT2D eigenvalue weighted by Gasteiger charge is 2.58. The molecule has 0 aliphatic heterocycles. The van der Waals surface area contributed by atoms with E-state index in [2.05, 4.69) is 32.6 Å². The summed E-state index contributed by atoms with van der Waals surface area (Å²) >= 11 is 0. The van der Waals surface area contributed by atoms with Crippen LogP contribution in [-0.4, -0.2) is 34.9 Å². The van der Waals surface area contributed by atoms with E-state index in [-0.39, 0.29) is 18.0 Å². The van der Waals surface area contributed by atoms with Crippen LogP contribution in [0.4, 0.5) is 0 Å². The van der Waals surface area contributed by atoms with Crippen molar-refractivity contribution in [2.45, 2.75) is 136 Å². The predicted molar refractivity (Wildman–Crippen MR) is 155 cm³/mol. The fourth-order valence-electron chi connectivity index (χ4n) is 8.71. The average molecular weight is 541 g/mol. The molecule has 2 unspecified atom stereocenters. The van der Waals surface area contributed by atoms with Gasteiger partial charge in [-0.15, -0.1) is 0 Å². The molecule has 0 aromatic rings. The Morgan fingerprint density at radius 2 is 1.74 bits per heavy atom. The van der Waals surface area contributed by atoms with Gasteiger partial charge in [0.15, 0.2) is 0 Å². The number of carbonyl (C=O) groups excluding carboxylic acids is 2. The van der Waals surface area contributed by atoms with Crippen molar-refractivity contribution in [3.05, 3.63) is 35.5 Å². The normalized spacial score (nSPS) is 35.0. The summed E-state index contributed by atoms with van der Waals surface area (Å²) < 4.78 is 11.1. The summed E-state index contributed by atoms with van der Waals surface area (Å²) in [5.74, 6) is 1.48. The molecule has 0 aromatic heterocycles. The van der Waals surface area contributed by atoms with Gasteiger partial charge < -0.3 is 14.6 Å². The van der Waals surface area contributed by atoms with Crippen molar-refractivity contribution in [1.82, 2.24) is 0 Å². The third kappa shape index (κ3) is 6.89. The third-order valence-corrected chi connectivity index (χ3v) is 10.6. The fraction of sp³-hybridized carbons (Fsp3) is 0.765. The van der Waals surface area contributed by atoms with Crippen LogP contribution in [0, 0.1) is 28.6 Å². The number of aliphatic hydroxyl groups is 1. The summed E-state index contributed by atoms with van der Waals surface area (Å²) in [7, 11) is 0. The van der Waals surface area contributed by atoms with Gasteiger partial charge in [0.25, 0.3) is 0 Å². The van der Waals surface area contributed by atoms with Crippen molar-refractivity contribution in [1.29, 1.82) is 0 Å². The zero-order chi connectivity index (χ0) is 28.6. The molecule has 4 fully saturated rings. The standard InChI is InChI=1S/C34H52O5/c1-22-26(20-28(38-23(2)35)21-30(22)39-24(3)36)12-11-25-10-8-18-34(7)29(25)15-16-31(34)33(6,27-13-14-27)19-9-17-32(4,5)37/h11-12,27-31,37H,1,8-10,13-21H2,2-7H3/t28-,29?,30?,31-,33-,34+/m1/s1. The largest absolute Gasteiger partial charge is 0.462 e. The summed E-state index contributed by atoms with van der Waals surface area (Å²) in [6.07, 6.45) is 16.9. The number of hydrogen-bond donors (Lipinski definition) is 1. The van der Waals surface area contributed by atoms with Crippen LogP contribution in [0.3, 0.4) is 0 Å².